The van der Waals surface area contributed by atoms with Gasteiger partial charge in [-0.05, 0) is 38.6 Å². The van der Waals surface area contributed by atoms with Crippen LogP contribution in [0.2, 0.25) is 0 Å². The Balaban J connectivity index is 2.39. The molecule has 0 aliphatic heterocycles. The molecule has 1 aliphatic rings. The number of hydrogen-bond donors (Lipinski definition) is 2. The topological polar surface area (TPSA) is 41.5 Å². The van der Waals surface area contributed by atoms with Crippen LogP contribution < -0.4 is 5.32 Å². The van der Waals surface area contributed by atoms with Gasteiger partial charge in [0.15, 0.2) is 0 Å². The van der Waals surface area contributed by atoms with Gasteiger partial charge >= 0.3 is 6.18 Å². The molecule has 0 heterocycles. The van der Waals surface area contributed by atoms with Crippen molar-refractivity contribution in [3.63, 3.8) is 0 Å². The van der Waals surface area contributed by atoms with Crippen molar-refractivity contribution in [3.05, 3.63) is 0 Å². The molecule has 0 aromatic rings. The summed E-state index contributed by atoms with van der Waals surface area (Å²) in [5.74, 6) is 0. The van der Waals surface area contributed by atoms with E-state index in [2.05, 4.69) is 5.32 Å². The molecule has 1 aliphatic carbocycles. The zero-order valence-corrected chi connectivity index (χ0v) is 11.4. The standard InChI is InChI=1S/C13H24F3NO2/c1-2-7-17-12(10-18)5-3-4-11(9-12)19-8-6-13(14,15)16/h11,17-18H,2-10H2,1H3. The molecule has 0 amide bonds. The third-order valence-electron chi connectivity index (χ3n) is 3.59. The highest BCUT2D eigenvalue weighted by molar-refractivity contribution is 4.93. The maximum Gasteiger partial charge on any atom is 0.391 e. The number of nitrogens with one attached hydrogen (secondary N) is 1. The fraction of sp³-hybridized carbons (Fsp3) is 1.00. The summed E-state index contributed by atoms with van der Waals surface area (Å²) in [6.07, 6.45) is -1.22. The second-order valence-corrected chi connectivity index (χ2v) is 5.32. The quantitative estimate of drug-likeness (QED) is 0.754. The second-order valence-electron chi connectivity index (χ2n) is 5.32. The van der Waals surface area contributed by atoms with E-state index in [4.69, 9.17) is 4.74 Å². The van der Waals surface area contributed by atoms with E-state index in [0.717, 1.165) is 32.2 Å². The van der Waals surface area contributed by atoms with E-state index in [1.54, 1.807) is 0 Å². The molecule has 0 bridgehead atoms. The Morgan fingerprint density at radius 1 is 1.42 bits per heavy atom. The van der Waals surface area contributed by atoms with E-state index in [1.165, 1.54) is 0 Å². The molecular formula is C13H24F3NO2. The van der Waals surface area contributed by atoms with Gasteiger partial charge in [0, 0.05) is 5.54 Å². The smallest absolute Gasteiger partial charge is 0.391 e. The second kappa shape index (κ2) is 7.45. The number of rotatable bonds is 7. The number of ether oxygens (including phenoxy) is 1. The molecule has 114 valence electrons. The Labute approximate surface area is 112 Å². The molecule has 0 spiro atoms. The monoisotopic (exact) mass is 283 g/mol. The average molecular weight is 283 g/mol. The van der Waals surface area contributed by atoms with Crippen LogP contribution in [0.15, 0.2) is 0 Å². The molecule has 0 saturated heterocycles. The number of aliphatic hydroxyl groups excluding tert-OH is 1. The van der Waals surface area contributed by atoms with Crippen molar-refractivity contribution < 1.29 is 23.0 Å². The normalized spacial score (nSPS) is 28.6. The largest absolute Gasteiger partial charge is 0.394 e. The molecule has 2 N–H and O–H groups in total. The van der Waals surface area contributed by atoms with Crippen molar-refractivity contribution in [3.8, 4) is 0 Å². The van der Waals surface area contributed by atoms with Crippen LogP contribution in [0.5, 0.6) is 0 Å². The van der Waals surface area contributed by atoms with Crippen LogP contribution in [0.1, 0.15) is 45.4 Å². The third kappa shape index (κ3) is 6.10. The van der Waals surface area contributed by atoms with Gasteiger partial charge in [-0.15, -0.1) is 0 Å². The molecule has 1 saturated carbocycles. The van der Waals surface area contributed by atoms with Crippen molar-refractivity contribution >= 4 is 0 Å². The van der Waals surface area contributed by atoms with Crippen LogP contribution >= 0.6 is 0 Å². The summed E-state index contributed by atoms with van der Waals surface area (Å²) in [7, 11) is 0. The van der Waals surface area contributed by atoms with Gasteiger partial charge in [0.2, 0.25) is 0 Å². The molecule has 0 aromatic heterocycles. The predicted octanol–water partition coefficient (Wildman–Crippen LogP) is 2.63. The summed E-state index contributed by atoms with van der Waals surface area (Å²) in [6, 6.07) is 0. The van der Waals surface area contributed by atoms with Gasteiger partial charge in [0.1, 0.15) is 0 Å². The first-order chi connectivity index (χ1) is 8.91. The molecule has 6 heteroatoms. The highest BCUT2D eigenvalue weighted by atomic mass is 19.4. The van der Waals surface area contributed by atoms with Crippen LogP contribution in [0.4, 0.5) is 13.2 Å². The van der Waals surface area contributed by atoms with Crippen LogP contribution in [-0.4, -0.2) is 42.7 Å². The lowest BCUT2D eigenvalue weighted by Crippen LogP contribution is -2.53. The van der Waals surface area contributed by atoms with Gasteiger partial charge in [0.05, 0.1) is 25.7 Å². The predicted molar refractivity (Wildman–Crippen MR) is 67.0 cm³/mol. The first kappa shape index (κ1) is 16.7. The van der Waals surface area contributed by atoms with E-state index in [0.29, 0.717) is 6.42 Å². The molecule has 1 fully saturated rings. The van der Waals surface area contributed by atoms with Crippen molar-refractivity contribution in [1.29, 1.82) is 0 Å². The van der Waals surface area contributed by atoms with E-state index in [9.17, 15) is 18.3 Å². The summed E-state index contributed by atoms with van der Waals surface area (Å²) < 4.78 is 41.5. The Hall–Kier alpha value is -0.330. The lowest BCUT2D eigenvalue weighted by molar-refractivity contribution is -0.151. The Kier molecular flexibility index (Phi) is 6.56. The number of hydrogen-bond acceptors (Lipinski definition) is 3. The average Bonchev–Trinajstić information content (AvgIpc) is 2.35. The SMILES string of the molecule is CCCNC1(CO)CCCC(OCCC(F)(F)F)C1. The molecule has 2 atom stereocenters. The van der Waals surface area contributed by atoms with E-state index >= 15 is 0 Å². The summed E-state index contributed by atoms with van der Waals surface area (Å²) in [6.45, 7) is 2.56. The van der Waals surface area contributed by atoms with Crippen molar-refractivity contribution in [2.24, 2.45) is 0 Å². The molecule has 19 heavy (non-hydrogen) atoms. The van der Waals surface area contributed by atoms with Gasteiger partial charge in [0.25, 0.3) is 0 Å². The molecule has 0 radical (unpaired) electrons. The first-order valence-corrected chi connectivity index (χ1v) is 6.95. The van der Waals surface area contributed by atoms with Crippen LogP contribution in [-0.2, 0) is 4.74 Å². The Bertz CT molecular complexity index is 261. The minimum atomic E-state index is -4.16. The van der Waals surface area contributed by atoms with E-state index in [-0.39, 0.29) is 24.9 Å². The lowest BCUT2D eigenvalue weighted by Gasteiger charge is -2.40. The Morgan fingerprint density at radius 3 is 2.74 bits per heavy atom. The molecular weight excluding hydrogens is 259 g/mol. The number of alkyl halides is 3. The fourth-order valence-electron chi connectivity index (χ4n) is 2.54. The Morgan fingerprint density at radius 2 is 2.16 bits per heavy atom. The third-order valence-corrected chi connectivity index (χ3v) is 3.59. The van der Waals surface area contributed by atoms with Crippen molar-refractivity contribution in [1.82, 2.24) is 5.32 Å². The molecule has 3 nitrogen and oxygen atoms in total. The summed E-state index contributed by atoms with van der Waals surface area (Å²) in [5.41, 5.74) is -0.378. The van der Waals surface area contributed by atoms with Crippen LogP contribution in [0.25, 0.3) is 0 Å². The maximum absolute atomic E-state index is 12.1. The highest BCUT2D eigenvalue weighted by Crippen LogP contribution is 2.30. The lowest BCUT2D eigenvalue weighted by atomic mass is 9.80. The van der Waals surface area contributed by atoms with Gasteiger partial charge in [-0.3, -0.25) is 0 Å². The molecule has 1 rings (SSSR count). The van der Waals surface area contributed by atoms with Crippen LogP contribution in [0, 0.1) is 0 Å². The number of halogens is 3. The highest BCUT2D eigenvalue weighted by Gasteiger charge is 2.36. The molecule has 2 unspecified atom stereocenters. The minimum absolute atomic E-state index is 0.00608. The van der Waals surface area contributed by atoms with Crippen LogP contribution in [0.3, 0.4) is 0 Å². The summed E-state index contributed by atoms with van der Waals surface area (Å²) in [5, 5.41) is 12.9. The van der Waals surface area contributed by atoms with Gasteiger partial charge in [-0.2, -0.15) is 13.2 Å². The molecule has 0 aromatic carbocycles. The summed E-state index contributed by atoms with van der Waals surface area (Å²) in [4.78, 5) is 0. The van der Waals surface area contributed by atoms with Gasteiger partial charge in [-0.1, -0.05) is 6.92 Å². The van der Waals surface area contributed by atoms with Gasteiger partial charge < -0.3 is 15.2 Å². The minimum Gasteiger partial charge on any atom is -0.394 e. The van der Waals surface area contributed by atoms with E-state index in [1.807, 2.05) is 6.92 Å². The maximum atomic E-state index is 12.1. The first-order valence-electron chi connectivity index (χ1n) is 6.95. The van der Waals surface area contributed by atoms with Gasteiger partial charge in [-0.25, -0.2) is 0 Å². The fourth-order valence-corrected chi connectivity index (χ4v) is 2.54. The van der Waals surface area contributed by atoms with Crippen molar-refractivity contribution in [2.45, 2.75) is 63.3 Å². The number of aliphatic hydroxyl groups is 1. The van der Waals surface area contributed by atoms with E-state index < -0.39 is 12.6 Å². The van der Waals surface area contributed by atoms with Crippen molar-refractivity contribution in [2.75, 3.05) is 19.8 Å². The zero-order valence-electron chi connectivity index (χ0n) is 11.4. The summed E-state index contributed by atoms with van der Waals surface area (Å²) >= 11 is 0. The zero-order chi connectivity index (χ0) is 14.4.